The summed E-state index contributed by atoms with van der Waals surface area (Å²) in [7, 11) is 0. The number of likely N-dealkylation sites (tertiary alicyclic amines) is 1. The number of rotatable bonds is 3. The first-order valence-electron chi connectivity index (χ1n) is 9.09. The molecule has 138 valence electrons. The van der Waals surface area contributed by atoms with Gasteiger partial charge < -0.3 is 15.0 Å². The maximum atomic E-state index is 12.8. The summed E-state index contributed by atoms with van der Waals surface area (Å²) in [5.41, 5.74) is 0.698. The molecule has 0 aliphatic carbocycles. The van der Waals surface area contributed by atoms with Crippen molar-refractivity contribution < 1.29 is 14.3 Å². The first-order chi connectivity index (χ1) is 11.8. The highest BCUT2D eigenvalue weighted by atomic mass is 16.6. The predicted molar refractivity (Wildman–Crippen MR) is 98.4 cm³/mol. The molecule has 1 N–H and O–H groups in total. The van der Waals surface area contributed by atoms with Crippen molar-refractivity contribution in [3.8, 4) is 0 Å². The Labute approximate surface area is 150 Å². The first kappa shape index (κ1) is 19.3. The minimum absolute atomic E-state index is 0.0475. The smallest absolute Gasteiger partial charge is 0.408 e. The van der Waals surface area contributed by atoms with E-state index in [-0.39, 0.29) is 5.91 Å². The quantitative estimate of drug-likeness (QED) is 0.908. The van der Waals surface area contributed by atoms with Crippen molar-refractivity contribution in [2.24, 2.45) is 0 Å². The zero-order valence-corrected chi connectivity index (χ0v) is 15.7. The molecule has 1 aliphatic heterocycles. The fourth-order valence-corrected chi connectivity index (χ4v) is 3.16. The number of ether oxygens (including phenoxy) is 1. The van der Waals surface area contributed by atoms with Gasteiger partial charge in [0, 0.05) is 19.0 Å². The van der Waals surface area contributed by atoms with Gasteiger partial charge in [-0.3, -0.25) is 4.79 Å². The van der Waals surface area contributed by atoms with E-state index >= 15 is 0 Å². The van der Waals surface area contributed by atoms with Crippen molar-refractivity contribution in [3.05, 3.63) is 35.9 Å². The monoisotopic (exact) mass is 346 g/mol. The Kier molecular flexibility index (Phi) is 6.45. The van der Waals surface area contributed by atoms with E-state index in [4.69, 9.17) is 4.74 Å². The molecule has 1 saturated heterocycles. The first-order valence-corrected chi connectivity index (χ1v) is 9.09. The van der Waals surface area contributed by atoms with Crippen molar-refractivity contribution in [1.82, 2.24) is 10.2 Å². The number of carbonyl (C=O) groups is 2. The molecule has 5 nitrogen and oxygen atoms in total. The fourth-order valence-electron chi connectivity index (χ4n) is 3.16. The van der Waals surface area contributed by atoms with Crippen molar-refractivity contribution in [2.45, 2.75) is 64.5 Å². The molecule has 0 bridgehead atoms. The number of benzene rings is 1. The van der Waals surface area contributed by atoms with Gasteiger partial charge in [-0.1, -0.05) is 36.8 Å². The highest BCUT2D eigenvalue weighted by molar-refractivity contribution is 5.85. The Morgan fingerprint density at radius 2 is 1.88 bits per heavy atom. The van der Waals surface area contributed by atoms with Gasteiger partial charge in [0.15, 0.2) is 0 Å². The third kappa shape index (κ3) is 6.07. The minimum atomic E-state index is -0.593. The van der Waals surface area contributed by atoms with E-state index in [1.807, 2.05) is 23.1 Å². The molecule has 2 amide bonds. The highest BCUT2D eigenvalue weighted by Crippen LogP contribution is 2.26. The second-order valence-corrected chi connectivity index (χ2v) is 7.76. The summed E-state index contributed by atoms with van der Waals surface area (Å²) in [6.45, 7) is 8.56. The second kappa shape index (κ2) is 8.37. The summed E-state index contributed by atoms with van der Waals surface area (Å²) >= 11 is 0. The van der Waals surface area contributed by atoms with Crippen LogP contribution in [-0.2, 0) is 9.53 Å². The van der Waals surface area contributed by atoms with E-state index in [9.17, 15) is 9.59 Å². The van der Waals surface area contributed by atoms with Crippen LogP contribution in [0.3, 0.4) is 0 Å². The lowest BCUT2D eigenvalue weighted by atomic mass is 9.94. The summed E-state index contributed by atoms with van der Waals surface area (Å²) in [6.07, 6.45) is 2.63. The molecule has 0 saturated carbocycles. The van der Waals surface area contributed by atoms with E-state index in [1.54, 1.807) is 27.7 Å². The molecule has 0 radical (unpaired) electrons. The molecule has 0 spiro atoms. The SMILES string of the molecule is CC(NC(=O)OC(C)(C)C)C(=O)N1CCCCC(c2ccccc2)C1. The zero-order chi connectivity index (χ0) is 18.4. The molecule has 1 heterocycles. The molecule has 2 rings (SSSR count). The summed E-state index contributed by atoms with van der Waals surface area (Å²) in [5.74, 6) is 0.301. The van der Waals surface area contributed by atoms with Gasteiger partial charge in [0.1, 0.15) is 11.6 Å². The lowest BCUT2D eigenvalue weighted by Crippen LogP contribution is -2.49. The minimum Gasteiger partial charge on any atom is -0.444 e. The number of carbonyl (C=O) groups excluding carboxylic acids is 2. The van der Waals surface area contributed by atoms with Crippen LogP contribution in [-0.4, -0.2) is 41.6 Å². The van der Waals surface area contributed by atoms with Crippen LogP contribution < -0.4 is 5.32 Å². The fraction of sp³-hybridized carbons (Fsp3) is 0.600. The van der Waals surface area contributed by atoms with Gasteiger partial charge in [0.2, 0.25) is 5.91 Å². The largest absolute Gasteiger partial charge is 0.444 e. The maximum absolute atomic E-state index is 12.8. The Morgan fingerprint density at radius 3 is 2.52 bits per heavy atom. The molecule has 1 aliphatic rings. The number of hydrogen-bond donors (Lipinski definition) is 1. The van der Waals surface area contributed by atoms with Gasteiger partial charge in [0.05, 0.1) is 0 Å². The van der Waals surface area contributed by atoms with Crippen LogP contribution in [0.4, 0.5) is 4.79 Å². The Bertz CT molecular complexity index is 580. The molecule has 1 aromatic carbocycles. The summed E-state index contributed by atoms with van der Waals surface area (Å²) in [5, 5.41) is 2.66. The number of alkyl carbamates (subject to hydrolysis) is 1. The van der Waals surface area contributed by atoms with Crippen LogP contribution >= 0.6 is 0 Å². The van der Waals surface area contributed by atoms with Crippen molar-refractivity contribution in [2.75, 3.05) is 13.1 Å². The summed E-state index contributed by atoms with van der Waals surface area (Å²) in [4.78, 5) is 26.6. The lowest BCUT2D eigenvalue weighted by Gasteiger charge is -2.28. The predicted octanol–water partition coefficient (Wildman–Crippen LogP) is 3.70. The third-order valence-electron chi connectivity index (χ3n) is 4.36. The van der Waals surface area contributed by atoms with Gasteiger partial charge >= 0.3 is 6.09 Å². The number of hydrogen-bond acceptors (Lipinski definition) is 3. The van der Waals surface area contributed by atoms with Crippen molar-refractivity contribution in [1.29, 1.82) is 0 Å². The van der Waals surface area contributed by atoms with Gasteiger partial charge in [-0.2, -0.15) is 0 Å². The second-order valence-electron chi connectivity index (χ2n) is 7.76. The van der Waals surface area contributed by atoms with E-state index < -0.39 is 17.7 Å². The molecule has 1 fully saturated rings. The van der Waals surface area contributed by atoms with Crippen LogP contribution in [0.5, 0.6) is 0 Å². The topological polar surface area (TPSA) is 58.6 Å². The Hall–Kier alpha value is -2.04. The average molecular weight is 346 g/mol. The van der Waals surface area contributed by atoms with Gasteiger partial charge in [-0.05, 0) is 46.1 Å². The standard InChI is InChI=1S/C20H30N2O3/c1-15(21-19(24)25-20(2,3)4)18(23)22-13-9-8-12-17(14-22)16-10-6-5-7-11-16/h5-7,10-11,15,17H,8-9,12-14H2,1-4H3,(H,21,24). The third-order valence-corrected chi connectivity index (χ3v) is 4.36. The molecule has 5 heteroatoms. The Morgan fingerprint density at radius 1 is 1.20 bits per heavy atom. The van der Waals surface area contributed by atoms with Crippen molar-refractivity contribution in [3.63, 3.8) is 0 Å². The normalized spacial score (nSPS) is 19.7. The summed E-state index contributed by atoms with van der Waals surface area (Å²) < 4.78 is 5.24. The van der Waals surface area contributed by atoms with E-state index in [0.29, 0.717) is 12.5 Å². The molecular formula is C20H30N2O3. The zero-order valence-electron chi connectivity index (χ0n) is 15.7. The molecule has 2 unspecified atom stereocenters. The number of nitrogens with one attached hydrogen (secondary N) is 1. The molecule has 2 atom stereocenters. The van der Waals surface area contributed by atoms with Crippen LogP contribution in [0, 0.1) is 0 Å². The van der Waals surface area contributed by atoms with Crippen LogP contribution in [0.1, 0.15) is 58.4 Å². The van der Waals surface area contributed by atoms with E-state index in [2.05, 4.69) is 17.4 Å². The molecular weight excluding hydrogens is 316 g/mol. The number of amides is 2. The Balaban J connectivity index is 1.98. The van der Waals surface area contributed by atoms with Gasteiger partial charge in [-0.15, -0.1) is 0 Å². The highest BCUT2D eigenvalue weighted by Gasteiger charge is 2.28. The number of nitrogens with zero attached hydrogens (tertiary/aromatic N) is 1. The van der Waals surface area contributed by atoms with Crippen LogP contribution in [0.15, 0.2) is 30.3 Å². The molecule has 25 heavy (non-hydrogen) atoms. The van der Waals surface area contributed by atoms with Crippen LogP contribution in [0.25, 0.3) is 0 Å². The average Bonchev–Trinajstić information content (AvgIpc) is 2.79. The summed E-state index contributed by atoms with van der Waals surface area (Å²) in [6, 6.07) is 9.75. The lowest BCUT2D eigenvalue weighted by molar-refractivity contribution is -0.133. The van der Waals surface area contributed by atoms with Gasteiger partial charge in [0.25, 0.3) is 0 Å². The molecule has 1 aromatic rings. The van der Waals surface area contributed by atoms with Crippen LogP contribution in [0.2, 0.25) is 0 Å². The maximum Gasteiger partial charge on any atom is 0.408 e. The van der Waals surface area contributed by atoms with E-state index in [0.717, 1.165) is 25.8 Å². The van der Waals surface area contributed by atoms with Crippen molar-refractivity contribution >= 4 is 12.0 Å². The van der Waals surface area contributed by atoms with Gasteiger partial charge in [-0.25, -0.2) is 4.79 Å². The molecule has 0 aromatic heterocycles. The van der Waals surface area contributed by atoms with E-state index in [1.165, 1.54) is 5.56 Å².